The third-order valence-electron chi connectivity index (χ3n) is 4.91. The van der Waals surface area contributed by atoms with Gasteiger partial charge in [0.15, 0.2) is 0 Å². The molecule has 0 bridgehead atoms. The van der Waals surface area contributed by atoms with Crippen molar-refractivity contribution >= 4 is 11.9 Å². The fourth-order valence-corrected chi connectivity index (χ4v) is 3.16. The van der Waals surface area contributed by atoms with Crippen LogP contribution in [0, 0.1) is 0 Å². The number of unbranched alkanes of at least 4 members (excludes halogenated alkanes) is 11. The molecule has 0 radical (unpaired) electrons. The summed E-state index contributed by atoms with van der Waals surface area (Å²) in [5.74, 6) is -1.03. The van der Waals surface area contributed by atoms with Crippen molar-refractivity contribution in [1.29, 1.82) is 0 Å². The zero-order valence-corrected chi connectivity index (χ0v) is 18.5. The Kier molecular flexibility index (Phi) is 20.3. The van der Waals surface area contributed by atoms with Crippen molar-refractivity contribution in [2.24, 2.45) is 0 Å². The normalized spacial score (nSPS) is 11.4. The number of hydrogen-bond acceptors (Lipinski definition) is 4. The van der Waals surface area contributed by atoms with Gasteiger partial charge in [0.2, 0.25) is 5.91 Å². The van der Waals surface area contributed by atoms with Crippen LogP contribution < -0.4 is 5.43 Å². The summed E-state index contributed by atoms with van der Waals surface area (Å²) >= 11 is 0. The summed E-state index contributed by atoms with van der Waals surface area (Å²) in [6.07, 6.45) is 20.9. The first-order valence-electron chi connectivity index (χ1n) is 11.6. The molecule has 0 saturated carbocycles. The van der Waals surface area contributed by atoms with Crippen molar-refractivity contribution in [3.05, 3.63) is 12.2 Å². The predicted molar refractivity (Wildman–Crippen MR) is 119 cm³/mol. The van der Waals surface area contributed by atoms with Gasteiger partial charge in [-0.2, -0.15) is 0 Å². The van der Waals surface area contributed by atoms with Crippen LogP contribution in [0.2, 0.25) is 0 Å². The Morgan fingerprint density at radius 2 is 1.34 bits per heavy atom. The Balaban J connectivity index is 3.51. The van der Waals surface area contributed by atoms with Gasteiger partial charge in [0.25, 0.3) is 0 Å². The summed E-state index contributed by atoms with van der Waals surface area (Å²) in [7, 11) is 0. The van der Waals surface area contributed by atoms with E-state index in [0.717, 1.165) is 25.7 Å². The molecule has 170 valence electrons. The van der Waals surface area contributed by atoms with E-state index in [1.807, 2.05) is 0 Å². The van der Waals surface area contributed by atoms with E-state index in [9.17, 15) is 9.59 Å². The third-order valence-corrected chi connectivity index (χ3v) is 4.91. The van der Waals surface area contributed by atoms with Gasteiger partial charge in [-0.3, -0.25) is 15.0 Å². The van der Waals surface area contributed by atoms with Crippen LogP contribution in [-0.4, -0.2) is 46.8 Å². The number of nitrogens with zero attached hydrogens (tertiary/aromatic N) is 1. The number of carboxylic acid groups (broad SMARTS) is 1. The van der Waals surface area contributed by atoms with E-state index in [4.69, 9.17) is 10.2 Å². The second-order valence-electron chi connectivity index (χ2n) is 7.72. The summed E-state index contributed by atoms with van der Waals surface area (Å²) < 4.78 is 0. The molecular weight excluding hydrogens is 368 g/mol. The molecule has 0 aromatic heterocycles. The number of amides is 1. The lowest BCUT2D eigenvalue weighted by molar-refractivity contribution is -0.138. The molecule has 0 aromatic rings. The zero-order valence-electron chi connectivity index (χ0n) is 18.5. The summed E-state index contributed by atoms with van der Waals surface area (Å²) in [6.45, 7) is 2.58. The number of allylic oxidation sites excluding steroid dienone is 2. The fraction of sp³-hybridized carbons (Fsp3) is 0.826. The lowest BCUT2D eigenvalue weighted by atomic mass is 10.1. The van der Waals surface area contributed by atoms with Gasteiger partial charge in [0.05, 0.1) is 13.0 Å². The van der Waals surface area contributed by atoms with Crippen molar-refractivity contribution in [2.75, 3.05) is 19.7 Å². The lowest BCUT2D eigenvalue weighted by Gasteiger charge is -2.21. The fourth-order valence-electron chi connectivity index (χ4n) is 3.16. The minimum absolute atomic E-state index is 0.0618. The van der Waals surface area contributed by atoms with E-state index in [-0.39, 0.29) is 32.0 Å². The number of hydrazine groups is 1. The number of rotatable bonds is 21. The monoisotopic (exact) mass is 412 g/mol. The van der Waals surface area contributed by atoms with Crippen molar-refractivity contribution in [3.63, 3.8) is 0 Å². The third kappa shape index (κ3) is 21.1. The molecule has 0 rings (SSSR count). The highest BCUT2D eigenvalue weighted by molar-refractivity contribution is 5.75. The van der Waals surface area contributed by atoms with Gasteiger partial charge in [-0.05, 0) is 32.1 Å². The maximum Gasteiger partial charge on any atom is 0.304 e. The number of aliphatic hydroxyl groups is 1. The number of nitrogens with one attached hydrogen (secondary N) is 1. The molecule has 0 spiro atoms. The van der Waals surface area contributed by atoms with Gasteiger partial charge in [-0.1, -0.05) is 70.4 Å². The van der Waals surface area contributed by atoms with E-state index in [2.05, 4.69) is 24.5 Å². The second kappa shape index (κ2) is 21.3. The largest absolute Gasteiger partial charge is 0.481 e. The molecule has 6 nitrogen and oxygen atoms in total. The van der Waals surface area contributed by atoms with Crippen LogP contribution in [0.25, 0.3) is 0 Å². The smallest absolute Gasteiger partial charge is 0.304 e. The summed E-state index contributed by atoms with van der Waals surface area (Å²) in [6, 6.07) is 0. The highest BCUT2D eigenvalue weighted by Gasteiger charge is 2.10. The SMILES string of the molecule is CCCCCCCC/C=C\CCCCCCCC(=O)NN(CCO)CCC(=O)O. The molecule has 0 aliphatic rings. The van der Waals surface area contributed by atoms with E-state index < -0.39 is 5.97 Å². The lowest BCUT2D eigenvalue weighted by Crippen LogP contribution is -2.44. The Hall–Kier alpha value is -1.40. The van der Waals surface area contributed by atoms with Crippen LogP contribution >= 0.6 is 0 Å². The highest BCUT2D eigenvalue weighted by Crippen LogP contribution is 2.10. The first-order chi connectivity index (χ1) is 14.1. The van der Waals surface area contributed by atoms with Crippen molar-refractivity contribution in [1.82, 2.24) is 10.4 Å². The van der Waals surface area contributed by atoms with Crippen LogP contribution in [0.4, 0.5) is 0 Å². The van der Waals surface area contributed by atoms with Gasteiger partial charge in [-0.15, -0.1) is 0 Å². The molecule has 1 amide bonds. The maximum atomic E-state index is 11.9. The molecule has 3 N–H and O–H groups in total. The summed E-state index contributed by atoms with van der Waals surface area (Å²) in [5, 5.41) is 19.2. The van der Waals surface area contributed by atoms with Crippen molar-refractivity contribution < 1.29 is 19.8 Å². The number of carbonyl (C=O) groups is 2. The number of carbonyl (C=O) groups excluding carboxylic acids is 1. The van der Waals surface area contributed by atoms with Gasteiger partial charge in [0, 0.05) is 19.5 Å². The Bertz CT molecular complexity index is 427. The van der Waals surface area contributed by atoms with Gasteiger partial charge in [-0.25, -0.2) is 5.01 Å². The molecule has 0 unspecified atom stereocenters. The van der Waals surface area contributed by atoms with E-state index >= 15 is 0 Å². The standard InChI is InChI=1S/C23H44N2O4/c1-2-3-4-5-6-7-8-9-10-11-12-13-14-15-16-17-22(27)24-25(20-21-26)19-18-23(28)29/h9-10,26H,2-8,11-21H2,1H3,(H,24,27)(H,28,29)/b10-9-. The minimum Gasteiger partial charge on any atom is -0.481 e. The molecule has 0 heterocycles. The molecule has 6 heteroatoms. The van der Waals surface area contributed by atoms with Gasteiger partial charge < -0.3 is 10.2 Å². The first kappa shape index (κ1) is 27.6. The Labute approximate surface area is 177 Å². The van der Waals surface area contributed by atoms with Crippen LogP contribution in [0.1, 0.15) is 103 Å². The summed E-state index contributed by atoms with van der Waals surface area (Å²) in [5.41, 5.74) is 2.68. The van der Waals surface area contributed by atoms with Crippen LogP contribution in [-0.2, 0) is 9.59 Å². The molecular formula is C23H44N2O4. The number of hydrogen-bond donors (Lipinski definition) is 3. The molecule has 0 aliphatic heterocycles. The summed E-state index contributed by atoms with van der Waals surface area (Å²) in [4.78, 5) is 22.5. The van der Waals surface area contributed by atoms with E-state index in [1.54, 1.807) is 0 Å². The number of aliphatic hydroxyl groups excluding tert-OH is 1. The maximum absolute atomic E-state index is 11.9. The molecule has 0 fully saturated rings. The number of aliphatic carboxylic acids is 1. The van der Waals surface area contributed by atoms with Gasteiger partial charge in [0.1, 0.15) is 0 Å². The van der Waals surface area contributed by atoms with Gasteiger partial charge >= 0.3 is 5.97 Å². The number of carboxylic acids is 1. The first-order valence-corrected chi connectivity index (χ1v) is 11.6. The molecule has 0 atom stereocenters. The van der Waals surface area contributed by atoms with Crippen molar-refractivity contribution in [2.45, 2.75) is 103 Å². The average Bonchev–Trinajstić information content (AvgIpc) is 2.69. The minimum atomic E-state index is -0.917. The average molecular weight is 413 g/mol. The molecule has 0 aromatic carbocycles. The quantitative estimate of drug-likeness (QED) is 0.143. The van der Waals surface area contributed by atoms with E-state index in [1.165, 1.54) is 62.8 Å². The van der Waals surface area contributed by atoms with Crippen LogP contribution in [0.5, 0.6) is 0 Å². The zero-order chi connectivity index (χ0) is 21.6. The second-order valence-corrected chi connectivity index (χ2v) is 7.72. The van der Waals surface area contributed by atoms with E-state index in [0.29, 0.717) is 6.42 Å². The predicted octanol–water partition coefficient (Wildman–Crippen LogP) is 4.82. The molecule has 29 heavy (non-hydrogen) atoms. The molecule has 0 saturated heterocycles. The highest BCUT2D eigenvalue weighted by atomic mass is 16.4. The van der Waals surface area contributed by atoms with Crippen LogP contribution in [0.3, 0.4) is 0 Å². The van der Waals surface area contributed by atoms with Crippen molar-refractivity contribution in [3.8, 4) is 0 Å². The molecule has 0 aliphatic carbocycles. The Morgan fingerprint density at radius 1 is 0.793 bits per heavy atom. The Morgan fingerprint density at radius 3 is 1.90 bits per heavy atom. The topological polar surface area (TPSA) is 89.9 Å². The van der Waals surface area contributed by atoms with Crippen LogP contribution in [0.15, 0.2) is 12.2 Å².